The highest BCUT2D eigenvalue weighted by Gasteiger charge is 2.35. The third kappa shape index (κ3) is 3.84. The Morgan fingerprint density at radius 1 is 1.00 bits per heavy atom. The lowest BCUT2D eigenvalue weighted by Gasteiger charge is -2.41. The monoisotopic (exact) mass is 371 g/mol. The van der Waals surface area contributed by atoms with Crippen LogP contribution >= 0.6 is 0 Å². The molecule has 0 saturated heterocycles. The van der Waals surface area contributed by atoms with Crippen molar-refractivity contribution >= 4 is 21.5 Å². The molecule has 0 spiro atoms. The average molecular weight is 372 g/mol. The minimum atomic E-state index is -3.89. The van der Waals surface area contributed by atoms with Crippen LogP contribution in [-0.2, 0) is 15.5 Å². The number of benzene rings is 2. The quantitative estimate of drug-likeness (QED) is 0.570. The standard InChI is InChI=1S/C21H25NO3S/c1-17-16-22(18-10-4-3-5-11-18)20-13-7-6-12-19(20)21(17,2)14-8-9-15-26(23,24)25/h3-7,10-13,16H,8-9,14-15H2,1-2H3,(H,23,24,25). The van der Waals surface area contributed by atoms with Gasteiger partial charge in [-0.2, -0.15) is 8.42 Å². The van der Waals surface area contributed by atoms with Crippen LogP contribution in [0.1, 0.15) is 38.7 Å². The summed E-state index contributed by atoms with van der Waals surface area (Å²) in [6, 6.07) is 18.6. The van der Waals surface area contributed by atoms with Crippen molar-refractivity contribution in [2.75, 3.05) is 10.7 Å². The van der Waals surface area contributed by atoms with Crippen molar-refractivity contribution in [2.45, 2.75) is 38.5 Å². The Bertz CT molecular complexity index is 906. The molecule has 0 aliphatic carbocycles. The molecule has 138 valence electrons. The zero-order valence-electron chi connectivity index (χ0n) is 15.2. The van der Waals surface area contributed by atoms with Crippen LogP contribution in [-0.4, -0.2) is 18.7 Å². The van der Waals surface area contributed by atoms with Crippen molar-refractivity contribution in [1.82, 2.24) is 0 Å². The average Bonchev–Trinajstić information content (AvgIpc) is 2.62. The summed E-state index contributed by atoms with van der Waals surface area (Å²) in [5.41, 5.74) is 4.61. The molecule has 0 amide bonds. The molecule has 26 heavy (non-hydrogen) atoms. The van der Waals surface area contributed by atoms with Crippen LogP contribution in [0.25, 0.3) is 0 Å². The van der Waals surface area contributed by atoms with Crippen LogP contribution in [0.5, 0.6) is 0 Å². The van der Waals surface area contributed by atoms with E-state index >= 15 is 0 Å². The second kappa shape index (κ2) is 7.25. The summed E-state index contributed by atoms with van der Waals surface area (Å²) in [6.45, 7) is 4.35. The summed E-state index contributed by atoms with van der Waals surface area (Å²) < 4.78 is 30.9. The molecule has 1 heterocycles. The van der Waals surface area contributed by atoms with Crippen LogP contribution in [0.2, 0.25) is 0 Å². The Kier molecular flexibility index (Phi) is 5.21. The number of para-hydroxylation sites is 2. The van der Waals surface area contributed by atoms with E-state index in [0.29, 0.717) is 6.42 Å². The Hall–Kier alpha value is -2.11. The molecule has 1 aliphatic rings. The molecule has 1 aliphatic heterocycles. The van der Waals surface area contributed by atoms with Gasteiger partial charge in [0, 0.05) is 23.0 Å². The number of rotatable bonds is 6. The molecule has 2 aromatic carbocycles. The summed E-state index contributed by atoms with van der Waals surface area (Å²) in [5.74, 6) is -0.177. The fourth-order valence-electron chi connectivity index (χ4n) is 3.67. The highest BCUT2D eigenvalue weighted by atomic mass is 32.2. The molecule has 2 aromatic rings. The molecule has 0 radical (unpaired) electrons. The van der Waals surface area contributed by atoms with E-state index in [0.717, 1.165) is 24.2 Å². The Labute approximate surface area is 155 Å². The van der Waals surface area contributed by atoms with Crippen molar-refractivity contribution in [2.24, 2.45) is 0 Å². The van der Waals surface area contributed by atoms with Gasteiger partial charge in [-0.3, -0.25) is 4.55 Å². The number of allylic oxidation sites excluding steroid dienone is 1. The Balaban J connectivity index is 1.91. The Morgan fingerprint density at radius 2 is 1.65 bits per heavy atom. The van der Waals surface area contributed by atoms with Crippen LogP contribution in [0.3, 0.4) is 0 Å². The molecule has 1 N–H and O–H groups in total. The lowest BCUT2D eigenvalue weighted by atomic mass is 9.70. The van der Waals surface area contributed by atoms with Crippen molar-refractivity contribution in [3.05, 3.63) is 71.9 Å². The first kappa shape index (κ1) is 18.7. The number of hydrogen-bond acceptors (Lipinski definition) is 3. The summed E-state index contributed by atoms with van der Waals surface area (Å²) in [4.78, 5) is 2.21. The summed E-state index contributed by atoms with van der Waals surface area (Å²) >= 11 is 0. The highest BCUT2D eigenvalue weighted by Crippen LogP contribution is 2.47. The molecule has 4 nitrogen and oxygen atoms in total. The first-order valence-corrected chi connectivity index (χ1v) is 10.5. The van der Waals surface area contributed by atoms with Crippen molar-refractivity contribution in [1.29, 1.82) is 0 Å². The van der Waals surface area contributed by atoms with E-state index in [9.17, 15) is 8.42 Å². The van der Waals surface area contributed by atoms with Gasteiger partial charge in [-0.1, -0.05) is 49.7 Å². The molecule has 0 aromatic heterocycles. The first-order valence-electron chi connectivity index (χ1n) is 8.89. The van der Waals surface area contributed by atoms with Gasteiger partial charge in [0.1, 0.15) is 0 Å². The van der Waals surface area contributed by atoms with Crippen molar-refractivity contribution < 1.29 is 13.0 Å². The molecule has 0 saturated carbocycles. The van der Waals surface area contributed by atoms with E-state index in [4.69, 9.17) is 4.55 Å². The van der Waals surface area contributed by atoms with E-state index in [-0.39, 0.29) is 11.2 Å². The lowest BCUT2D eigenvalue weighted by molar-refractivity contribution is 0.461. The first-order chi connectivity index (χ1) is 12.3. The van der Waals surface area contributed by atoms with Gasteiger partial charge in [0.2, 0.25) is 0 Å². The largest absolute Gasteiger partial charge is 0.317 e. The summed E-state index contributed by atoms with van der Waals surface area (Å²) in [7, 11) is -3.89. The fraction of sp³-hybridized carbons (Fsp3) is 0.333. The van der Waals surface area contributed by atoms with Crippen LogP contribution in [0.15, 0.2) is 66.4 Å². The fourth-order valence-corrected chi connectivity index (χ4v) is 4.23. The van der Waals surface area contributed by atoms with E-state index < -0.39 is 10.1 Å². The number of fused-ring (bicyclic) bond motifs is 1. The van der Waals surface area contributed by atoms with E-state index in [1.165, 1.54) is 11.1 Å². The van der Waals surface area contributed by atoms with E-state index in [1.807, 2.05) is 24.3 Å². The number of nitrogens with zero attached hydrogens (tertiary/aromatic N) is 1. The molecular formula is C21H25NO3S. The second-order valence-electron chi connectivity index (χ2n) is 7.11. The number of anilines is 2. The minimum absolute atomic E-state index is 0.152. The molecule has 5 heteroatoms. The SMILES string of the molecule is CC1=CN(c2ccccc2)c2ccccc2C1(C)CCCCS(=O)(=O)O. The van der Waals surface area contributed by atoms with Gasteiger partial charge < -0.3 is 4.90 Å². The van der Waals surface area contributed by atoms with Gasteiger partial charge in [0.05, 0.1) is 5.75 Å². The maximum absolute atomic E-state index is 11.0. The normalized spacial score (nSPS) is 19.8. The maximum atomic E-state index is 11.0. The predicted molar refractivity (Wildman–Crippen MR) is 106 cm³/mol. The van der Waals surface area contributed by atoms with Gasteiger partial charge in [0.25, 0.3) is 10.1 Å². The van der Waals surface area contributed by atoms with Crippen LogP contribution < -0.4 is 4.90 Å². The molecule has 0 bridgehead atoms. The van der Waals surface area contributed by atoms with E-state index in [2.05, 4.69) is 55.3 Å². The lowest BCUT2D eigenvalue weighted by Crippen LogP contribution is -2.32. The van der Waals surface area contributed by atoms with Gasteiger partial charge in [0.15, 0.2) is 0 Å². The zero-order valence-corrected chi connectivity index (χ0v) is 16.0. The van der Waals surface area contributed by atoms with Gasteiger partial charge in [-0.05, 0) is 49.1 Å². The van der Waals surface area contributed by atoms with Crippen LogP contribution in [0.4, 0.5) is 11.4 Å². The second-order valence-corrected chi connectivity index (χ2v) is 8.68. The minimum Gasteiger partial charge on any atom is -0.317 e. The molecular weight excluding hydrogens is 346 g/mol. The van der Waals surface area contributed by atoms with Gasteiger partial charge in [-0.15, -0.1) is 0 Å². The van der Waals surface area contributed by atoms with Crippen molar-refractivity contribution in [3.8, 4) is 0 Å². The number of unbranched alkanes of at least 4 members (excludes halogenated alkanes) is 1. The highest BCUT2D eigenvalue weighted by molar-refractivity contribution is 7.85. The van der Waals surface area contributed by atoms with Gasteiger partial charge >= 0.3 is 0 Å². The van der Waals surface area contributed by atoms with Crippen molar-refractivity contribution in [3.63, 3.8) is 0 Å². The maximum Gasteiger partial charge on any atom is 0.264 e. The van der Waals surface area contributed by atoms with E-state index in [1.54, 1.807) is 0 Å². The molecule has 3 rings (SSSR count). The van der Waals surface area contributed by atoms with Gasteiger partial charge in [-0.25, -0.2) is 0 Å². The third-order valence-electron chi connectivity index (χ3n) is 5.31. The summed E-state index contributed by atoms with van der Waals surface area (Å²) in [6.07, 6.45) is 4.22. The Morgan fingerprint density at radius 3 is 2.35 bits per heavy atom. The molecule has 1 atom stereocenters. The molecule has 0 fully saturated rings. The van der Waals surface area contributed by atoms with Crippen LogP contribution in [0, 0.1) is 0 Å². The predicted octanol–water partition coefficient (Wildman–Crippen LogP) is 5.06. The zero-order chi connectivity index (χ0) is 18.8. The summed E-state index contributed by atoms with van der Waals surface area (Å²) in [5, 5.41) is 0. The number of hydrogen-bond donors (Lipinski definition) is 1. The smallest absolute Gasteiger partial charge is 0.264 e. The molecule has 1 unspecified atom stereocenters. The topological polar surface area (TPSA) is 57.6 Å². The third-order valence-corrected chi connectivity index (χ3v) is 6.12.